The fourth-order valence-corrected chi connectivity index (χ4v) is 1.46. The van der Waals surface area contributed by atoms with E-state index in [0.717, 1.165) is 22.6 Å². The van der Waals surface area contributed by atoms with E-state index in [0.29, 0.717) is 5.69 Å². The van der Waals surface area contributed by atoms with E-state index in [-0.39, 0.29) is 6.61 Å². The molecule has 0 aliphatic carbocycles. The Morgan fingerprint density at radius 2 is 2.19 bits per heavy atom. The van der Waals surface area contributed by atoms with Gasteiger partial charge in [-0.15, -0.1) is 5.10 Å². The minimum atomic E-state index is -0.00316. The van der Waals surface area contributed by atoms with Crippen LogP contribution in [0.3, 0.4) is 0 Å². The number of pyridine rings is 1. The van der Waals surface area contributed by atoms with Crippen molar-refractivity contribution in [3.8, 4) is 11.4 Å². The molecule has 0 bridgehead atoms. The van der Waals surface area contributed by atoms with Crippen molar-refractivity contribution in [1.82, 2.24) is 20.0 Å². The normalized spacial score (nSPS) is 10.8. The molecule has 16 heavy (non-hydrogen) atoms. The van der Waals surface area contributed by atoms with Gasteiger partial charge in [-0.1, -0.05) is 11.3 Å². The molecule has 5 nitrogen and oxygen atoms in total. The minimum absolute atomic E-state index is 0.00316. The van der Waals surface area contributed by atoms with E-state index in [1.54, 1.807) is 11.7 Å². The largest absolute Gasteiger partial charge is 0.392 e. The van der Waals surface area contributed by atoms with Crippen molar-refractivity contribution in [2.24, 2.45) is 7.05 Å². The standard InChI is InChI=1S/C11H13N4O/c1-7-9(6-16)4-5-10(12-7)11-8(2)15(3)14-13-11/h4-5,16H,2,6H2,1,3H3. The SMILES string of the molecule is [CH2]c1c(-c2ccc(CO)c(C)n2)nnn1C. The highest BCUT2D eigenvalue weighted by Crippen LogP contribution is 2.19. The maximum Gasteiger partial charge on any atom is 0.134 e. The highest BCUT2D eigenvalue weighted by Gasteiger charge is 2.11. The van der Waals surface area contributed by atoms with Crippen molar-refractivity contribution in [1.29, 1.82) is 0 Å². The smallest absolute Gasteiger partial charge is 0.134 e. The summed E-state index contributed by atoms with van der Waals surface area (Å²) >= 11 is 0. The summed E-state index contributed by atoms with van der Waals surface area (Å²) in [5, 5.41) is 16.9. The molecular weight excluding hydrogens is 204 g/mol. The van der Waals surface area contributed by atoms with Gasteiger partial charge in [-0.25, -0.2) is 0 Å². The van der Waals surface area contributed by atoms with Crippen molar-refractivity contribution in [2.75, 3.05) is 0 Å². The quantitative estimate of drug-likeness (QED) is 0.810. The molecule has 0 aliphatic rings. The Labute approximate surface area is 93.8 Å². The summed E-state index contributed by atoms with van der Waals surface area (Å²) in [5.41, 5.74) is 3.75. The molecule has 2 rings (SSSR count). The van der Waals surface area contributed by atoms with Crippen LogP contribution >= 0.6 is 0 Å². The molecule has 83 valence electrons. The van der Waals surface area contributed by atoms with Crippen LogP contribution in [0.5, 0.6) is 0 Å². The van der Waals surface area contributed by atoms with Gasteiger partial charge in [0.15, 0.2) is 0 Å². The van der Waals surface area contributed by atoms with Gasteiger partial charge in [0.25, 0.3) is 0 Å². The number of aromatic nitrogens is 4. The van der Waals surface area contributed by atoms with Crippen LogP contribution in [-0.4, -0.2) is 25.1 Å². The molecule has 2 aromatic rings. The number of rotatable bonds is 2. The van der Waals surface area contributed by atoms with Gasteiger partial charge in [0, 0.05) is 12.7 Å². The van der Waals surface area contributed by atoms with Crippen LogP contribution in [0.1, 0.15) is 17.0 Å². The second-order valence-electron chi connectivity index (χ2n) is 3.61. The second-order valence-corrected chi connectivity index (χ2v) is 3.61. The van der Waals surface area contributed by atoms with Crippen LogP contribution in [-0.2, 0) is 13.7 Å². The van der Waals surface area contributed by atoms with Gasteiger partial charge < -0.3 is 5.11 Å². The Bertz CT molecular complexity index is 519. The Hall–Kier alpha value is -1.75. The molecule has 1 radical (unpaired) electrons. The Morgan fingerprint density at radius 1 is 1.44 bits per heavy atom. The summed E-state index contributed by atoms with van der Waals surface area (Å²) in [5.74, 6) is 0. The van der Waals surface area contributed by atoms with Crippen LogP contribution in [0.2, 0.25) is 0 Å². The molecule has 2 aromatic heterocycles. The zero-order valence-electron chi connectivity index (χ0n) is 9.30. The van der Waals surface area contributed by atoms with Crippen LogP contribution in [0.4, 0.5) is 0 Å². The maximum atomic E-state index is 9.05. The Balaban J connectivity index is 2.49. The molecule has 0 spiro atoms. The summed E-state index contributed by atoms with van der Waals surface area (Å²) in [4.78, 5) is 4.37. The fourth-order valence-electron chi connectivity index (χ4n) is 1.46. The molecule has 0 fully saturated rings. The van der Waals surface area contributed by atoms with E-state index in [1.807, 2.05) is 19.1 Å². The molecule has 0 saturated heterocycles. The third-order valence-electron chi connectivity index (χ3n) is 2.55. The zero-order chi connectivity index (χ0) is 11.7. The van der Waals surface area contributed by atoms with E-state index in [4.69, 9.17) is 5.11 Å². The van der Waals surface area contributed by atoms with E-state index in [2.05, 4.69) is 22.2 Å². The van der Waals surface area contributed by atoms with Gasteiger partial charge in [-0.3, -0.25) is 9.67 Å². The molecule has 0 saturated carbocycles. The molecule has 0 aromatic carbocycles. The molecule has 0 aliphatic heterocycles. The second kappa shape index (κ2) is 4.02. The predicted molar refractivity (Wildman–Crippen MR) is 59.4 cm³/mol. The van der Waals surface area contributed by atoms with Crippen LogP contribution in [0.15, 0.2) is 12.1 Å². The molecule has 1 N–H and O–H groups in total. The first kappa shape index (κ1) is 10.8. The van der Waals surface area contributed by atoms with Gasteiger partial charge in [-0.05, 0) is 25.5 Å². The number of nitrogens with zero attached hydrogens (tertiary/aromatic N) is 4. The lowest BCUT2D eigenvalue weighted by molar-refractivity contribution is 0.280. The van der Waals surface area contributed by atoms with Crippen LogP contribution in [0, 0.1) is 13.8 Å². The van der Waals surface area contributed by atoms with E-state index < -0.39 is 0 Å². The lowest BCUT2D eigenvalue weighted by atomic mass is 10.1. The Kier molecular flexibility index (Phi) is 2.70. The summed E-state index contributed by atoms with van der Waals surface area (Å²) in [6.45, 7) is 5.73. The van der Waals surface area contributed by atoms with E-state index in [1.165, 1.54) is 0 Å². The van der Waals surface area contributed by atoms with Gasteiger partial charge in [0.1, 0.15) is 5.69 Å². The van der Waals surface area contributed by atoms with E-state index in [9.17, 15) is 0 Å². The summed E-state index contributed by atoms with van der Waals surface area (Å²) in [6, 6.07) is 3.66. The first-order valence-electron chi connectivity index (χ1n) is 4.93. The van der Waals surface area contributed by atoms with Crippen molar-refractivity contribution >= 4 is 0 Å². The van der Waals surface area contributed by atoms with Crippen molar-refractivity contribution < 1.29 is 5.11 Å². The number of hydrogen-bond acceptors (Lipinski definition) is 4. The minimum Gasteiger partial charge on any atom is -0.392 e. The molecule has 5 heteroatoms. The third kappa shape index (κ3) is 1.69. The monoisotopic (exact) mass is 217 g/mol. The van der Waals surface area contributed by atoms with Gasteiger partial charge in [-0.2, -0.15) is 0 Å². The van der Waals surface area contributed by atoms with Crippen LogP contribution < -0.4 is 0 Å². The van der Waals surface area contributed by atoms with Crippen molar-refractivity contribution in [3.63, 3.8) is 0 Å². The number of hydrogen-bond donors (Lipinski definition) is 1. The molecular formula is C11H13N4O. The van der Waals surface area contributed by atoms with Gasteiger partial charge in [0.2, 0.25) is 0 Å². The summed E-state index contributed by atoms with van der Waals surface area (Å²) in [7, 11) is 1.79. The number of aryl methyl sites for hydroxylation is 2. The van der Waals surface area contributed by atoms with Crippen LogP contribution in [0.25, 0.3) is 11.4 Å². The first-order valence-corrected chi connectivity index (χ1v) is 4.93. The average molecular weight is 217 g/mol. The fraction of sp³-hybridized carbons (Fsp3) is 0.273. The van der Waals surface area contributed by atoms with E-state index >= 15 is 0 Å². The van der Waals surface area contributed by atoms with Gasteiger partial charge in [0.05, 0.1) is 18.0 Å². The summed E-state index contributed by atoms with van der Waals surface area (Å²) < 4.78 is 1.60. The third-order valence-corrected chi connectivity index (χ3v) is 2.55. The molecule has 0 amide bonds. The maximum absolute atomic E-state index is 9.05. The molecule has 0 atom stereocenters. The average Bonchev–Trinajstić information content (AvgIpc) is 2.60. The lowest BCUT2D eigenvalue weighted by Crippen LogP contribution is -1.96. The molecule has 0 unspecified atom stereocenters. The lowest BCUT2D eigenvalue weighted by Gasteiger charge is -2.04. The Morgan fingerprint density at radius 3 is 2.69 bits per heavy atom. The highest BCUT2D eigenvalue weighted by molar-refractivity contribution is 5.58. The molecule has 2 heterocycles. The highest BCUT2D eigenvalue weighted by atomic mass is 16.3. The van der Waals surface area contributed by atoms with Gasteiger partial charge >= 0.3 is 0 Å². The van der Waals surface area contributed by atoms with Crippen molar-refractivity contribution in [2.45, 2.75) is 13.5 Å². The zero-order valence-corrected chi connectivity index (χ0v) is 9.30. The summed E-state index contributed by atoms with van der Waals surface area (Å²) in [6.07, 6.45) is 0. The predicted octanol–water partition coefficient (Wildman–Crippen LogP) is 0.860. The van der Waals surface area contributed by atoms with Crippen molar-refractivity contribution in [3.05, 3.63) is 36.0 Å². The number of aliphatic hydroxyl groups excluding tert-OH is 1. The first-order chi connectivity index (χ1) is 7.63. The topological polar surface area (TPSA) is 63.8 Å². The number of aliphatic hydroxyl groups is 1.